The molecule has 6 nitrogen and oxygen atoms in total. The lowest BCUT2D eigenvalue weighted by Crippen LogP contribution is -2.51. The molecule has 0 saturated heterocycles. The fraction of sp³-hybridized carbons (Fsp3) is 0.387. The third kappa shape index (κ3) is 5.41. The van der Waals surface area contributed by atoms with Crippen LogP contribution in [-0.4, -0.2) is 41.2 Å². The quantitative estimate of drug-likeness (QED) is 0.343. The molecule has 1 aliphatic carbocycles. The number of hydrogen-bond acceptors (Lipinski definition) is 3. The van der Waals surface area contributed by atoms with Gasteiger partial charge in [0.1, 0.15) is 6.04 Å². The van der Waals surface area contributed by atoms with E-state index in [0.29, 0.717) is 36.5 Å². The van der Waals surface area contributed by atoms with Gasteiger partial charge in [-0.3, -0.25) is 14.4 Å². The maximum absolute atomic E-state index is 13.6. The number of nitrogens with zero attached hydrogens (tertiary/aromatic N) is 2. The minimum absolute atomic E-state index is 0.0235. The Balaban J connectivity index is 1.29. The maximum Gasteiger partial charge on any atom is 0.258 e. The van der Waals surface area contributed by atoms with E-state index in [1.807, 2.05) is 55.5 Å². The molecule has 1 saturated carbocycles. The van der Waals surface area contributed by atoms with E-state index in [4.69, 9.17) is 11.6 Å². The fourth-order valence-electron chi connectivity index (χ4n) is 5.81. The number of amides is 3. The molecular formula is C31H34ClN3O3. The Morgan fingerprint density at radius 1 is 1.05 bits per heavy atom. The summed E-state index contributed by atoms with van der Waals surface area (Å²) in [6.07, 6.45) is 5.52. The van der Waals surface area contributed by atoms with E-state index in [0.717, 1.165) is 47.7 Å². The highest BCUT2D eigenvalue weighted by Gasteiger charge is 2.32. The molecule has 1 aliphatic heterocycles. The summed E-state index contributed by atoms with van der Waals surface area (Å²) in [5, 5.41) is 5.83. The van der Waals surface area contributed by atoms with Crippen molar-refractivity contribution in [2.75, 3.05) is 11.4 Å². The summed E-state index contributed by atoms with van der Waals surface area (Å²) in [5.74, 6) is -0.195. The van der Waals surface area contributed by atoms with Gasteiger partial charge in [0, 0.05) is 41.5 Å². The average molecular weight is 532 g/mol. The lowest BCUT2D eigenvalue weighted by molar-refractivity contribution is -0.141. The van der Waals surface area contributed by atoms with Crippen molar-refractivity contribution in [2.45, 2.75) is 70.5 Å². The zero-order chi connectivity index (χ0) is 26.6. The van der Waals surface area contributed by atoms with Crippen LogP contribution >= 0.6 is 11.6 Å². The van der Waals surface area contributed by atoms with E-state index in [1.54, 1.807) is 21.9 Å². The number of hydrogen-bond donors (Lipinski definition) is 1. The van der Waals surface area contributed by atoms with E-state index >= 15 is 0 Å². The fourth-order valence-corrected chi connectivity index (χ4v) is 5.93. The first-order valence-corrected chi connectivity index (χ1v) is 14.0. The standard InChI is InChI=1S/C31H34ClN3O3/c1-2-26(30(37)33-24-10-3-4-11-24)35(20-21-15-17-23(32)18-16-21)28(36)14-7-19-34-27-13-6-9-22-8-5-12-25(29(22)27)31(34)38/h5-6,8-9,12-13,15-18,24,26H,2-4,7,10-11,14,19-20H2,1H3,(H,33,37)/t26-/m1/s1. The lowest BCUT2D eigenvalue weighted by Gasteiger charge is -2.32. The molecule has 2 aliphatic rings. The van der Waals surface area contributed by atoms with Gasteiger partial charge in [0.15, 0.2) is 0 Å². The molecule has 1 heterocycles. The van der Waals surface area contributed by atoms with Gasteiger partial charge in [-0.1, -0.05) is 67.8 Å². The van der Waals surface area contributed by atoms with Crippen LogP contribution in [0.2, 0.25) is 5.02 Å². The van der Waals surface area contributed by atoms with Gasteiger partial charge >= 0.3 is 0 Å². The third-order valence-electron chi connectivity index (χ3n) is 7.78. The van der Waals surface area contributed by atoms with E-state index in [2.05, 4.69) is 5.32 Å². The van der Waals surface area contributed by atoms with Crippen LogP contribution in [0.1, 0.15) is 67.8 Å². The summed E-state index contributed by atoms with van der Waals surface area (Å²) in [6.45, 7) is 2.72. The molecule has 0 bridgehead atoms. The van der Waals surface area contributed by atoms with Crippen molar-refractivity contribution >= 4 is 45.8 Å². The number of carbonyl (C=O) groups excluding carboxylic acids is 3. The van der Waals surface area contributed by atoms with Gasteiger partial charge in [0.2, 0.25) is 11.8 Å². The van der Waals surface area contributed by atoms with Gasteiger partial charge in [0.05, 0.1) is 5.69 Å². The van der Waals surface area contributed by atoms with Crippen LogP contribution in [0.15, 0.2) is 60.7 Å². The minimum Gasteiger partial charge on any atom is -0.352 e. The molecule has 1 fully saturated rings. The van der Waals surface area contributed by atoms with Gasteiger partial charge in [-0.25, -0.2) is 0 Å². The second kappa shape index (κ2) is 11.6. The minimum atomic E-state index is -0.551. The summed E-state index contributed by atoms with van der Waals surface area (Å²) < 4.78 is 0. The molecule has 0 aromatic heterocycles. The van der Waals surface area contributed by atoms with Crippen molar-refractivity contribution in [3.05, 3.63) is 76.8 Å². The van der Waals surface area contributed by atoms with Crippen LogP contribution < -0.4 is 10.2 Å². The number of rotatable bonds is 10. The third-order valence-corrected chi connectivity index (χ3v) is 8.03. The summed E-state index contributed by atoms with van der Waals surface area (Å²) in [6, 6.07) is 18.7. The molecule has 3 aromatic rings. The molecule has 0 radical (unpaired) electrons. The van der Waals surface area contributed by atoms with Crippen LogP contribution in [-0.2, 0) is 16.1 Å². The highest BCUT2D eigenvalue weighted by Crippen LogP contribution is 2.37. The molecule has 0 unspecified atom stereocenters. The first-order chi connectivity index (χ1) is 18.5. The number of nitrogens with one attached hydrogen (secondary N) is 1. The predicted molar refractivity (Wildman–Crippen MR) is 151 cm³/mol. The molecule has 38 heavy (non-hydrogen) atoms. The number of carbonyl (C=O) groups is 3. The average Bonchev–Trinajstić information content (AvgIpc) is 3.53. The monoisotopic (exact) mass is 531 g/mol. The smallest absolute Gasteiger partial charge is 0.258 e. The van der Waals surface area contributed by atoms with Gasteiger partial charge in [-0.2, -0.15) is 0 Å². The second-order valence-corrected chi connectivity index (χ2v) is 10.7. The Morgan fingerprint density at radius 2 is 1.76 bits per heavy atom. The Hall–Kier alpha value is -3.38. The second-order valence-electron chi connectivity index (χ2n) is 10.3. The van der Waals surface area contributed by atoms with E-state index in [-0.39, 0.29) is 30.2 Å². The van der Waals surface area contributed by atoms with Crippen molar-refractivity contribution in [3.63, 3.8) is 0 Å². The SMILES string of the molecule is CC[C@H](C(=O)NC1CCCC1)N(Cc1ccc(Cl)cc1)C(=O)CCCN1C(=O)c2cccc3cccc1c23. The van der Waals surface area contributed by atoms with Crippen LogP contribution in [0.3, 0.4) is 0 Å². The van der Waals surface area contributed by atoms with Gasteiger partial charge in [0.25, 0.3) is 5.91 Å². The molecule has 7 heteroatoms. The number of benzene rings is 3. The van der Waals surface area contributed by atoms with E-state index in [1.165, 1.54) is 0 Å². The first kappa shape index (κ1) is 26.2. The maximum atomic E-state index is 13.6. The normalized spacial score (nSPS) is 15.7. The number of halogens is 1. The molecule has 3 amide bonds. The van der Waals surface area contributed by atoms with Crippen LogP contribution in [0.4, 0.5) is 5.69 Å². The first-order valence-electron chi connectivity index (χ1n) is 13.6. The summed E-state index contributed by atoms with van der Waals surface area (Å²) in [4.78, 5) is 43.5. The summed E-state index contributed by atoms with van der Waals surface area (Å²) >= 11 is 6.07. The molecule has 0 spiro atoms. The predicted octanol–water partition coefficient (Wildman–Crippen LogP) is 6.10. The van der Waals surface area contributed by atoms with Gasteiger partial charge < -0.3 is 15.1 Å². The highest BCUT2D eigenvalue weighted by molar-refractivity contribution is 6.30. The molecule has 198 valence electrons. The lowest BCUT2D eigenvalue weighted by atomic mass is 10.1. The Morgan fingerprint density at radius 3 is 2.47 bits per heavy atom. The van der Waals surface area contributed by atoms with Crippen LogP contribution in [0, 0.1) is 0 Å². The molecule has 1 atom stereocenters. The zero-order valence-electron chi connectivity index (χ0n) is 21.8. The van der Waals surface area contributed by atoms with Crippen LogP contribution in [0.5, 0.6) is 0 Å². The molecular weight excluding hydrogens is 498 g/mol. The topological polar surface area (TPSA) is 69.7 Å². The Bertz CT molecular complexity index is 1330. The molecule has 3 aromatic carbocycles. The molecule has 5 rings (SSSR count). The van der Waals surface area contributed by atoms with Crippen LogP contribution in [0.25, 0.3) is 10.8 Å². The zero-order valence-corrected chi connectivity index (χ0v) is 22.5. The van der Waals surface area contributed by atoms with Crippen molar-refractivity contribution in [1.82, 2.24) is 10.2 Å². The van der Waals surface area contributed by atoms with Crippen molar-refractivity contribution in [3.8, 4) is 0 Å². The van der Waals surface area contributed by atoms with E-state index < -0.39 is 6.04 Å². The van der Waals surface area contributed by atoms with Gasteiger partial charge in [-0.05, 0) is 60.9 Å². The van der Waals surface area contributed by atoms with Crippen molar-refractivity contribution < 1.29 is 14.4 Å². The summed E-state index contributed by atoms with van der Waals surface area (Å²) in [5.41, 5.74) is 2.53. The summed E-state index contributed by atoms with van der Waals surface area (Å²) in [7, 11) is 0. The molecule has 1 N–H and O–H groups in total. The number of anilines is 1. The van der Waals surface area contributed by atoms with Crippen molar-refractivity contribution in [1.29, 1.82) is 0 Å². The highest BCUT2D eigenvalue weighted by atomic mass is 35.5. The Kier molecular flexibility index (Phi) is 7.98. The van der Waals surface area contributed by atoms with Crippen molar-refractivity contribution in [2.24, 2.45) is 0 Å². The Labute approximate surface area is 228 Å². The van der Waals surface area contributed by atoms with E-state index in [9.17, 15) is 14.4 Å². The van der Waals surface area contributed by atoms with Gasteiger partial charge in [-0.15, -0.1) is 0 Å². The largest absolute Gasteiger partial charge is 0.352 e.